The third-order valence-corrected chi connectivity index (χ3v) is 4.04. The average Bonchev–Trinajstić information content (AvgIpc) is 2.79. The van der Waals surface area contributed by atoms with Crippen molar-refractivity contribution in [1.82, 2.24) is 4.98 Å². The molecule has 0 aliphatic carbocycles. The number of nitrogens with zero attached hydrogens (tertiary/aromatic N) is 1. The largest absolute Gasteiger partial charge is 0.381 e. The van der Waals surface area contributed by atoms with Gasteiger partial charge in [-0.15, -0.1) is 11.3 Å². The topological polar surface area (TPSA) is 48.1 Å². The van der Waals surface area contributed by atoms with Crippen LogP contribution in [-0.4, -0.2) is 24.7 Å². The van der Waals surface area contributed by atoms with Crippen molar-refractivity contribution in [1.29, 1.82) is 0 Å². The van der Waals surface area contributed by atoms with Gasteiger partial charge < -0.3 is 10.5 Å². The molecule has 1 atom stereocenters. The molecule has 0 aromatic carbocycles. The van der Waals surface area contributed by atoms with Gasteiger partial charge in [-0.2, -0.15) is 0 Å². The lowest BCUT2D eigenvalue weighted by molar-refractivity contribution is 0.186. The van der Waals surface area contributed by atoms with Crippen molar-refractivity contribution in [2.75, 3.05) is 19.8 Å². The zero-order chi connectivity index (χ0) is 10.7. The van der Waals surface area contributed by atoms with Crippen LogP contribution in [0.15, 0.2) is 0 Å². The van der Waals surface area contributed by atoms with E-state index in [1.54, 1.807) is 0 Å². The van der Waals surface area contributed by atoms with Crippen molar-refractivity contribution in [2.24, 2.45) is 11.7 Å². The van der Waals surface area contributed by atoms with Crippen molar-refractivity contribution in [3.05, 3.63) is 15.6 Å². The van der Waals surface area contributed by atoms with E-state index < -0.39 is 0 Å². The Hall–Kier alpha value is -0.450. The van der Waals surface area contributed by atoms with Crippen LogP contribution in [0.5, 0.6) is 0 Å². The van der Waals surface area contributed by atoms with Gasteiger partial charge in [0.2, 0.25) is 0 Å². The summed E-state index contributed by atoms with van der Waals surface area (Å²) < 4.78 is 5.37. The number of hydrogen-bond acceptors (Lipinski definition) is 4. The number of thiazole rings is 1. The molecule has 1 aromatic rings. The maximum Gasteiger partial charge on any atom is 0.0934 e. The SMILES string of the molecule is Cc1nc(CC2CCOC2)sc1CCN. The van der Waals surface area contributed by atoms with Gasteiger partial charge in [-0.1, -0.05) is 0 Å². The molecule has 1 saturated heterocycles. The van der Waals surface area contributed by atoms with Gasteiger partial charge >= 0.3 is 0 Å². The predicted octanol–water partition coefficient (Wildman–Crippen LogP) is 1.53. The highest BCUT2D eigenvalue weighted by Gasteiger charge is 2.18. The van der Waals surface area contributed by atoms with Gasteiger partial charge in [-0.25, -0.2) is 4.98 Å². The minimum atomic E-state index is 0.682. The standard InChI is InChI=1S/C11H18N2OS/c1-8-10(2-4-12)15-11(13-8)6-9-3-5-14-7-9/h9H,2-7,12H2,1H3. The van der Waals surface area contributed by atoms with Crippen molar-refractivity contribution in [3.8, 4) is 0 Å². The lowest BCUT2D eigenvalue weighted by Gasteiger charge is -2.02. The van der Waals surface area contributed by atoms with Crippen molar-refractivity contribution < 1.29 is 4.74 Å². The maximum absolute atomic E-state index is 5.56. The highest BCUT2D eigenvalue weighted by Crippen LogP contribution is 2.24. The molecule has 3 nitrogen and oxygen atoms in total. The van der Waals surface area contributed by atoms with Crippen LogP contribution < -0.4 is 5.73 Å². The second-order valence-corrected chi connectivity index (χ2v) is 5.26. The molecule has 4 heteroatoms. The Labute approximate surface area is 94.7 Å². The molecule has 84 valence electrons. The number of rotatable bonds is 4. The molecular formula is C11H18N2OS. The molecule has 0 bridgehead atoms. The molecule has 1 aromatic heterocycles. The van der Waals surface area contributed by atoms with Gasteiger partial charge in [0.15, 0.2) is 0 Å². The summed E-state index contributed by atoms with van der Waals surface area (Å²) in [5, 5.41) is 1.26. The van der Waals surface area contributed by atoms with Crippen LogP contribution in [0.25, 0.3) is 0 Å². The molecule has 1 unspecified atom stereocenters. The second kappa shape index (κ2) is 5.05. The molecule has 2 heterocycles. The minimum absolute atomic E-state index is 0.682. The molecule has 0 radical (unpaired) electrons. The van der Waals surface area contributed by atoms with Crippen molar-refractivity contribution >= 4 is 11.3 Å². The van der Waals surface area contributed by atoms with E-state index in [-0.39, 0.29) is 0 Å². The Morgan fingerprint density at radius 2 is 2.47 bits per heavy atom. The first-order chi connectivity index (χ1) is 7.29. The molecule has 1 aliphatic rings. The molecule has 15 heavy (non-hydrogen) atoms. The third kappa shape index (κ3) is 2.77. The zero-order valence-corrected chi connectivity index (χ0v) is 9.98. The Morgan fingerprint density at radius 3 is 3.13 bits per heavy atom. The van der Waals surface area contributed by atoms with E-state index in [0.29, 0.717) is 5.92 Å². The highest BCUT2D eigenvalue weighted by molar-refractivity contribution is 7.11. The van der Waals surface area contributed by atoms with Gasteiger partial charge in [-0.3, -0.25) is 0 Å². The molecular weight excluding hydrogens is 208 g/mol. The van der Waals surface area contributed by atoms with Crippen LogP contribution in [-0.2, 0) is 17.6 Å². The number of hydrogen-bond donors (Lipinski definition) is 1. The van der Waals surface area contributed by atoms with Crippen LogP contribution in [0.2, 0.25) is 0 Å². The van der Waals surface area contributed by atoms with E-state index in [1.807, 2.05) is 11.3 Å². The van der Waals surface area contributed by atoms with Crippen molar-refractivity contribution in [2.45, 2.75) is 26.2 Å². The molecule has 1 fully saturated rings. The number of aryl methyl sites for hydroxylation is 1. The smallest absolute Gasteiger partial charge is 0.0934 e. The van der Waals surface area contributed by atoms with Gasteiger partial charge in [0.25, 0.3) is 0 Å². The number of nitrogens with two attached hydrogens (primary N) is 1. The quantitative estimate of drug-likeness (QED) is 0.847. The number of ether oxygens (including phenoxy) is 1. The van der Waals surface area contributed by atoms with E-state index in [2.05, 4.69) is 11.9 Å². The normalized spacial score (nSPS) is 21.1. The summed E-state index contributed by atoms with van der Waals surface area (Å²) in [6.45, 7) is 4.63. The predicted molar refractivity (Wildman–Crippen MR) is 62.2 cm³/mol. The molecule has 2 N–H and O–H groups in total. The van der Waals surface area contributed by atoms with Crippen LogP contribution in [0.1, 0.15) is 22.0 Å². The first kappa shape index (κ1) is 11.0. The Balaban J connectivity index is 1.98. The molecule has 1 aliphatic heterocycles. The fraction of sp³-hybridized carbons (Fsp3) is 0.727. The monoisotopic (exact) mass is 226 g/mol. The van der Waals surface area contributed by atoms with Gasteiger partial charge in [0.1, 0.15) is 0 Å². The Morgan fingerprint density at radius 1 is 1.60 bits per heavy atom. The van der Waals surface area contributed by atoms with E-state index in [9.17, 15) is 0 Å². The van der Waals surface area contributed by atoms with Crippen LogP contribution in [0.3, 0.4) is 0 Å². The summed E-state index contributed by atoms with van der Waals surface area (Å²) >= 11 is 1.82. The lowest BCUT2D eigenvalue weighted by atomic mass is 10.1. The summed E-state index contributed by atoms with van der Waals surface area (Å²) in [4.78, 5) is 5.95. The summed E-state index contributed by atoms with van der Waals surface area (Å²) in [6.07, 6.45) is 3.23. The van der Waals surface area contributed by atoms with Gasteiger partial charge in [-0.05, 0) is 32.2 Å². The maximum atomic E-state index is 5.56. The Bertz CT molecular complexity index is 318. The van der Waals surface area contributed by atoms with Gasteiger partial charge in [0.05, 0.1) is 10.7 Å². The van der Waals surface area contributed by atoms with Crippen LogP contribution in [0.4, 0.5) is 0 Å². The summed E-state index contributed by atoms with van der Waals surface area (Å²) in [7, 11) is 0. The molecule has 0 saturated carbocycles. The molecule has 0 amide bonds. The molecule has 0 spiro atoms. The summed E-state index contributed by atoms with van der Waals surface area (Å²) in [6, 6.07) is 0. The van der Waals surface area contributed by atoms with Gasteiger partial charge in [0, 0.05) is 24.5 Å². The fourth-order valence-corrected chi connectivity index (χ4v) is 3.13. The van der Waals surface area contributed by atoms with E-state index >= 15 is 0 Å². The fourth-order valence-electron chi connectivity index (χ4n) is 1.93. The lowest BCUT2D eigenvalue weighted by Crippen LogP contribution is -2.02. The summed E-state index contributed by atoms with van der Waals surface area (Å²) in [5.74, 6) is 0.682. The van der Waals surface area contributed by atoms with E-state index in [0.717, 1.165) is 32.6 Å². The third-order valence-electron chi connectivity index (χ3n) is 2.80. The second-order valence-electron chi connectivity index (χ2n) is 4.09. The minimum Gasteiger partial charge on any atom is -0.381 e. The first-order valence-electron chi connectivity index (χ1n) is 5.52. The van der Waals surface area contributed by atoms with Crippen molar-refractivity contribution in [3.63, 3.8) is 0 Å². The molecule has 2 rings (SSSR count). The Kier molecular flexibility index (Phi) is 3.72. The zero-order valence-electron chi connectivity index (χ0n) is 9.16. The average molecular weight is 226 g/mol. The summed E-state index contributed by atoms with van der Waals surface area (Å²) in [5.41, 5.74) is 6.73. The van der Waals surface area contributed by atoms with Crippen LogP contribution >= 0.6 is 11.3 Å². The highest BCUT2D eigenvalue weighted by atomic mass is 32.1. The van der Waals surface area contributed by atoms with E-state index in [4.69, 9.17) is 10.5 Å². The van der Waals surface area contributed by atoms with Crippen LogP contribution in [0, 0.1) is 12.8 Å². The first-order valence-corrected chi connectivity index (χ1v) is 6.34. The van der Waals surface area contributed by atoms with E-state index in [1.165, 1.54) is 22.0 Å². The number of aromatic nitrogens is 1.